The summed E-state index contributed by atoms with van der Waals surface area (Å²) in [4.78, 5) is 0. The number of hydrogen-bond donors (Lipinski definition) is 0. The van der Waals surface area contributed by atoms with Crippen LogP contribution in [0.2, 0.25) is 0 Å². The standard InChI is InChI=1S/C16H15NO/c1-13(11-17)15-8-5-9-16(10-15)18-12-14-6-3-2-4-7-14/h2-10,13H,12H2,1H3. The minimum absolute atomic E-state index is 0.106. The van der Waals surface area contributed by atoms with E-state index < -0.39 is 0 Å². The number of hydrogen-bond acceptors (Lipinski definition) is 2. The fourth-order valence-electron chi connectivity index (χ4n) is 1.69. The van der Waals surface area contributed by atoms with Crippen LogP contribution in [0, 0.1) is 11.3 Å². The third kappa shape index (κ3) is 3.11. The molecule has 0 aliphatic rings. The molecule has 1 atom stereocenters. The SMILES string of the molecule is CC(C#N)c1cccc(OCc2ccccc2)c1. The lowest BCUT2D eigenvalue weighted by molar-refractivity contribution is 0.306. The molecule has 0 heterocycles. The van der Waals surface area contributed by atoms with Gasteiger partial charge < -0.3 is 4.74 Å². The van der Waals surface area contributed by atoms with Crippen molar-refractivity contribution >= 4 is 0 Å². The fourth-order valence-corrected chi connectivity index (χ4v) is 1.69. The number of nitriles is 1. The molecule has 0 fully saturated rings. The Morgan fingerprint density at radius 3 is 2.61 bits per heavy atom. The topological polar surface area (TPSA) is 33.0 Å². The molecular weight excluding hydrogens is 222 g/mol. The van der Waals surface area contributed by atoms with E-state index in [1.807, 2.05) is 61.5 Å². The van der Waals surface area contributed by atoms with Crippen molar-refractivity contribution in [3.8, 4) is 11.8 Å². The molecule has 0 aliphatic carbocycles. The van der Waals surface area contributed by atoms with Gasteiger partial charge in [0.25, 0.3) is 0 Å². The first-order valence-corrected chi connectivity index (χ1v) is 5.96. The number of ether oxygens (including phenoxy) is 1. The Kier molecular flexibility index (Phi) is 3.98. The average molecular weight is 237 g/mol. The van der Waals surface area contributed by atoms with Gasteiger partial charge in [-0.15, -0.1) is 0 Å². The molecule has 0 spiro atoms. The third-order valence-corrected chi connectivity index (χ3v) is 2.80. The van der Waals surface area contributed by atoms with Crippen molar-refractivity contribution in [2.24, 2.45) is 0 Å². The molecule has 2 nitrogen and oxygen atoms in total. The lowest BCUT2D eigenvalue weighted by Crippen LogP contribution is -1.96. The summed E-state index contributed by atoms with van der Waals surface area (Å²) in [5.74, 6) is 0.698. The second-order valence-corrected chi connectivity index (χ2v) is 4.20. The summed E-state index contributed by atoms with van der Waals surface area (Å²) >= 11 is 0. The maximum atomic E-state index is 8.90. The lowest BCUT2D eigenvalue weighted by Gasteiger charge is -2.09. The average Bonchev–Trinajstić information content (AvgIpc) is 2.45. The summed E-state index contributed by atoms with van der Waals surface area (Å²) in [6.07, 6.45) is 0. The summed E-state index contributed by atoms with van der Waals surface area (Å²) in [6.45, 7) is 2.43. The monoisotopic (exact) mass is 237 g/mol. The molecule has 2 aromatic rings. The Balaban J connectivity index is 2.04. The molecule has 0 aromatic heterocycles. The van der Waals surface area contributed by atoms with Crippen molar-refractivity contribution in [2.75, 3.05) is 0 Å². The summed E-state index contributed by atoms with van der Waals surface area (Å²) in [7, 11) is 0. The Morgan fingerprint density at radius 2 is 1.89 bits per heavy atom. The van der Waals surface area contributed by atoms with E-state index in [0.29, 0.717) is 6.61 Å². The molecule has 0 saturated carbocycles. The van der Waals surface area contributed by atoms with Crippen LogP contribution in [-0.2, 0) is 6.61 Å². The van der Waals surface area contributed by atoms with Gasteiger partial charge in [0.05, 0.1) is 12.0 Å². The van der Waals surface area contributed by atoms with Crippen LogP contribution in [0.3, 0.4) is 0 Å². The smallest absolute Gasteiger partial charge is 0.120 e. The van der Waals surface area contributed by atoms with Crippen LogP contribution >= 0.6 is 0 Å². The van der Waals surface area contributed by atoms with Crippen molar-refractivity contribution in [3.05, 3.63) is 65.7 Å². The predicted octanol–water partition coefficient (Wildman–Crippen LogP) is 3.89. The summed E-state index contributed by atoms with van der Waals surface area (Å²) in [6, 6.07) is 20.0. The molecule has 2 heteroatoms. The van der Waals surface area contributed by atoms with Gasteiger partial charge >= 0.3 is 0 Å². The van der Waals surface area contributed by atoms with Gasteiger partial charge in [-0.2, -0.15) is 5.26 Å². The number of nitrogens with zero attached hydrogens (tertiary/aromatic N) is 1. The van der Waals surface area contributed by atoms with Crippen LogP contribution < -0.4 is 4.74 Å². The van der Waals surface area contributed by atoms with Crippen LogP contribution in [0.1, 0.15) is 24.0 Å². The van der Waals surface area contributed by atoms with Gasteiger partial charge in [0.2, 0.25) is 0 Å². The molecule has 90 valence electrons. The molecule has 0 radical (unpaired) electrons. The predicted molar refractivity (Wildman–Crippen MR) is 71.2 cm³/mol. The second-order valence-electron chi connectivity index (χ2n) is 4.20. The highest BCUT2D eigenvalue weighted by Gasteiger charge is 2.04. The van der Waals surface area contributed by atoms with E-state index in [1.165, 1.54) is 0 Å². The molecule has 0 N–H and O–H groups in total. The van der Waals surface area contributed by atoms with Crippen LogP contribution in [0.5, 0.6) is 5.75 Å². The first kappa shape index (κ1) is 12.2. The highest BCUT2D eigenvalue weighted by atomic mass is 16.5. The van der Waals surface area contributed by atoms with Gasteiger partial charge in [-0.3, -0.25) is 0 Å². The Bertz CT molecular complexity index is 543. The van der Waals surface area contributed by atoms with Crippen LogP contribution in [0.4, 0.5) is 0 Å². The van der Waals surface area contributed by atoms with Crippen LogP contribution in [-0.4, -0.2) is 0 Å². The van der Waals surface area contributed by atoms with Crippen molar-refractivity contribution in [1.29, 1.82) is 5.26 Å². The Labute approximate surface area is 107 Å². The highest BCUT2D eigenvalue weighted by Crippen LogP contribution is 2.20. The molecule has 0 amide bonds. The third-order valence-electron chi connectivity index (χ3n) is 2.80. The van der Waals surface area contributed by atoms with E-state index in [9.17, 15) is 0 Å². The van der Waals surface area contributed by atoms with E-state index in [2.05, 4.69) is 6.07 Å². The van der Waals surface area contributed by atoms with E-state index in [-0.39, 0.29) is 5.92 Å². The van der Waals surface area contributed by atoms with Gasteiger partial charge in [-0.05, 0) is 30.2 Å². The summed E-state index contributed by atoms with van der Waals surface area (Å²) in [5.41, 5.74) is 2.12. The van der Waals surface area contributed by atoms with Gasteiger partial charge in [-0.1, -0.05) is 42.5 Å². The summed E-state index contributed by atoms with van der Waals surface area (Å²) in [5, 5.41) is 8.90. The normalized spacial score (nSPS) is 11.6. The molecule has 2 aromatic carbocycles. The van der Waals surface area contributed by atoms with Crippen LogP contribution in [0.25, 0.3) is 0 Å². The molecule has 1 unspecified atom stereocenters. The minimum Gasteiger partial charge on any atom is -0.489 e. The number of benzene rings is 2. The second kappa shape index (κ2) is 5.88. The van der Waals surface area contributed by atoms with Crippen molar-refractivity contribution in [2.45, 2.75) is 19.4 Å². The van der Waals surface area contributed by atoms with E-state index in [0.717, 1.165) is 16.9 Å². The maximum Gasteiger partial charge on any atom is 0.120 e. The fraction of sp³-hybridized carbons (Fsp3) is 0.188. The first-order chi connectivity index (χ1) is 8.79. The zero-order valence-corrected chi connectivity index (χ0v) is 10.3. The zero-order valence-electron chi connectivity index (χ0n) is 10.3. The van der Waals surface area contributed by atoms with Crippen molar-refractivity contribution in [1.82, 2.24) is 0 Å². The largest absolute Gasteiger partial charge is 0.489 e. The molecule has 0 saturated heterocycles. The molecule has 0 aliphatic heterocycles. The lowest BCUT2D eigenvalue weighted by atomic mass is 10.0. The van der Waals surface area contributed by atoms with E-state index in [1.54, 1.807) is 0 Å². The highest BCUT2D eigenvalue weighted by molar-refractivity contribution is 5.33. The first-order valence-electron chi connectivity index (χ1n) is 5.96. The summed E-state index contributed by atoms with van der Waals surface area (Å²) < 4.78 is 5.72. The van der Waals surface area contributed by atoms with Crippen molar-refractivity contribution < 1.29 is 4.74 Å². The van der Waals surface area contributed by atoms with Gasteiger partial charge in [0.1, 0.15) is 12.4 Å². The maximum absolute atomic E-state index is 8.90. The van der Waals surface area contributed by atoms with Crippen LogP contribution in [0.15, 0.2) is 54.6 Å². The van der Waals surface area contributed by atoms with E-state index >= 15 is 0 Å². The Hall–Kier alpha value is -2.27. The van der Waals surface area contributed by atoms with Gasteiger partial charge in [-0.25, -0.2) is 0 Å². The number of rotatable bonds is 4. The quantitative estimate of drug-likeness (QED) is 0.808. The van der Waals surface area contributed by atoms with E-state index in [4.69, 9.17) is 10.00 Å². The molecule has 2 rings (SSSR count). The molecule has 0 bridgehead atoms. The Morgan fingerprint density at radius 1 is 1.11 bits per heavy atom. The zero-order chi connectivity index (χ0) is 12.8. The minimum atomic E-state index is -0.106. The molecule has 18 heavy (non-hydrogen) atoms. The van der Waals surface area contributed by atoms with Gasteiger partial charge in [0.15, 0.2) is 0 Å². The molecular formula is C16H15NO. The van der Waals surface area contributed by atoms with Gasteiger partial charge in [0, 0.05) is 0 Å². The van der Waals surface area contributed by atoms with Crippen molar-refractivity contribution in [3.63, 3.8) is 0 Å².